The topological polar surface area (TPSA) is 117 Å². The summed E-state index contributed by atoms with van der Waals surface area (Å²) in [5.41, 5.74) is 3.76. The zero-order chi connectivity index (χ0) is 31.7. The minimum atomic E-state index is -0.332. The second-order valence-corrected chi connectivity index (χ2v) is 12.6. The molecule has 3 saturated heterocycles. The SMILES string of the molecule is CN1CC(Nc2cnn(C)c(=O)c2Cl)CC(c2ccc(C(=O)N3CC(C#Cc4ccc(C5CCC(=O)NC5=O)cc4)C3)cc2)C1. The van der Waals surface area contributed by atoms with E-state index in [2.05, 4.69) is 39.5 Å². The third-order valence-corrected chi connectivity index (χ3v) is 9.21. The van der Waals surface area contributed by atoms with Crippen molar-refractivity contribution < 1.29 is 14.4 Å². The van der Waals surface area contributed by atoms with E-state index in [-0.39, 0.29) is 52.1 Å². The first kappa shape index (κ1) is 30.6. The van der Waals surface area contributed by atoms with Gasteiger partial charge in [-0.3, -0.25) is 24.5 Å². The lowest BCUT2D eigenvalue weighted by atomic mass is 9.87. The summed E-state index contributed by atoms with van der Waals surface area (Å²) in [6.45, 7) is 2.87. The van der Waals surface area contributed by atoms with Crippen LogP contribution in [0.5, 0.6) is 0 Å². The molecular weight excluding hydrogens is 592 g/mol. The Labute approximate surface area is 266 Å². The van der Waals surface area contributed by atoms with Gasteiger partial charge in [0.1, 0.15) is 5.02 Å². The van der Waals surface area contributed by atoms with Gasteiger partial charge in [-0.15, -0.1) is 0 Å². The molecule has 3 fully saturated rings. The highest BCUT2D eigenvalue weighted by Crippen LogP contribution is 2.30. The van der Waals surface area contributed by atoms with Crippen molar-refractivity contribution in [1.29, 1.82) is 0 Å². The molecule has 45 heavy (non-hydrogen) atoms. The number of anilines is 1. The molecule has 6 rings (SSSR count). The first-order valence-electron chi connectivity index (χ1n) is 15.2. The molecule has 0 aliphatic carbocycles. The van der Waals surface area contributed by atoms with Crippen molar-refractivity contribution in [3.63, 3.8) is 0 Å². The van der Waals surface area contributed by atoms with Gasteiger partial charge in [0.25, 0.3) is 11.5 Å². The van der Waals surface area contributed by atoms with Crippen LogP contribution in [0.3, 0.4) is 0 Å². The summed E-state index contributed by atoms with van der Waals surface area (Å²) in [5.74, 6) is 6.05. The van der Waals surface area contributed by atoms with Gasteiger partial charge in [-0.1, -0.05) is 47.7 Å². The number of hydrogen-bond acceptors (Lipinski definition) is 7. The van der Waals surface area contributed by atoms with E-state index >= 15 is 0 Å². The Kier molecular flexibility index (Phi) is 8.74. The Hall–Kier alpha value is -4.46. The van der Waals surface area contributed by atoms with E-state index < -0.39 is 0 Å². The molecular formula is C34H35ClN6O4. The van der Waals surface area contributed by atoms with Crippen LogP contribution in [0.1, 0.15) is 58.1 Å². The number of likely N-dealkylation sites (N-methyl/N-ethyl adjacent to an activating group) is 1. The molecule has 0 radical (unpaired) electrons. The van der Waals surface area contributed by atoms with Gasteiger partial charge in [0.05, 0.1) is 23.7 Å². The summed E-state index contributed by atoms with van der Waals surface area (Å²) >= 11 is 6.28. The minimum Gasteiger partial charge on any atom is -0.378 e. The maximum Gasteiger partial charge on any atom is 0.287 e. The summed E-state index contributed by atoms with van der Waals surface area (Å²) in [7, 11) is 3.64. The molecule has 2 N–H and O–H groups in total. The van der Waals surface area contributed by atoms with E-state index in [1.807, 2.05) is 53.4 Å². The smallest absolute Gasteiger partial charge is 0.287 e. The van der Waals surface area contributed by atoms with Crippen LogP contribution in [-0.2, 0) is 16.6 Å². The fourth-order valence-electron chi connectivity index (χ4n) is 6.31. The van der Waals surface area contributed by atoms with Crippen molar-refractivity contribution in [1.82, 2.24) is 24.9 Å². The minimum absolute atomic E-state index is 0.00120. The van der Waals surface area contributed by atoms with Gasteiger partial charge >= 0.3 is 0 Å². The Balaban J connectivity index is 1.01. The molecule has 0 spiro atoms. The lowest BCUT2D eigenvalue weighted by Gasteiger charge is -2.37. The summed E-state index contributed by atoms with van der Waals surface area (Å²) in [4.78, 5) is 52.9. The van der Waals surface area contributed by atoms with Crippen LogP contribution in [0, 0.1) is 17.8 Å². The number of piperidine rings is 2. The molecule has 11 heteroatoms. The largest absolute Gasteiger partial charge is 0.378 e. The maximum atomic E-state index is 13.1. The van der Waals surface area contributed by atoms with Crippen LogP contribution < -0.4 is 16.2 Å². The third-order valence-electron chi connectivity index (χ3n) is 8.84. The molecule has 3 aliphatic rings. The van der Waals surface area contributed by atoms with Gasteiger partial charge in [-0.25, -0.2) is 4.68 Å². The van der Waals surface area contributed by atoms with Crippen LogP contribution in [0.4, 0.5) is 5.69 Å². The number of aromatic nitrogens is 2. The first-order chi connectivity index (χ1) is 21.6. The van der Waals surface area contributed by atoms with Gasteiger partial charge in [-0.2, -0.15) is 5.10 Å². The van der Waals surface area contributed by atoms with Crippen molar-refractivity contribution in [3.05, 3.63) is 92.4 Å². The van der Waals surface area contributed by atoms with Gasteiger partial charge < -0.3 is 15.1 Å². The predicted molar refractivity (Wildman–Crippen MR) is 171 cm³/mol. The van der Waals surface area contributed by atoms with Gasteiger partial charge in [0.15, 0.2) is 0 Å². The number of hydrogen-bond donors (Lipinski definition) is 2. The molecule has 1 aromatic heterocycles. The lowest BCUT2D eigenvalue weighted by Crippen LogP contribution is -2.49. The van der Waals surface area contributed by atoms with Gasteiger partial charge in [-0.05, 0) is 61.2 Å². The van der Waals surface area contributed by atoms with Crippen LogP contribution in [-0.4, -0.2) is 76.6 Å². The van der Waals surface area contributed by atoms with Crippen molar-refractivity contribution in [2.24, 2.45) is 13.0 Å². The van der Waals surface area contributed by atoms with Gasteiger partial charge in [0.2, 0.25) is 11.8 Å². The molecule has 3 unspecified atom stereocenters. The number of nitrogens with one attached hydrogen (secondary N) is 2. The zero-order valence-corrected chi connectivity index (χ0v) is 26.0. The third kappa shape index (κ3) is 6.80. The highest BCUT2D eigenvalue weighted by Gasteiger charge is 2.31. The highest BCUT2D eigenvalue weighted by molar-refractivity contribution is 6.32. The number of carbonyl (C=O) groups is 3. The summed E-state index contributed by atoms with van der Waals surface area (Å²) in [6, 6.07) is 15.6. The molecule has 232 valence electrons. The number of halogens is 1. The fourth-order valence-corrected chi connectivity index (χ4v) is 6.53. The quantitative estimate of drug-likeness (QED) is 0.330. The molecule has 2 aromatic carbocycles. The van der Waals surface area contributed by atoms with Crippen molar-refractivity contribution in [3.8, 4) is 11.8 Å². The van der Waals surface area contributed by atoms with E-state index in [0.717, 1.165) is 36.2 Å². The van der Waals surface area contributed by atoms with Crippen LogP contribution in [0.25, 0.3) is 0 Å². The van der Waals surface area contributed by atoms with Crippen LogP contribution >= 0.6 is 11.6 Å². The first-order valence-corrected chi connectivity index (χ1v) is 15.5. The Morgan fingerprint density at radius 2 is 1.69 bits per heavy atom. The number of nitrogens with zero attached hydrogens (tertiary/aromatic N) is 4. The lowest BCUT2D eigenvalue weighted by molar-refractivity contribution is -0.134. The number of carbonyl (C=O) groups excluding carboxylic acids is 3. The average molecular weight is 627 g/mol. The van der Waals surface area contributed by atoms with E-state index in [0.29, 0.717) is 37.2 Å². The summed E-state index contributed by atoms with van der Waals surface area (Å²) < 4.78 is 1.22. The van der Waals surface area contributed by atoms with Crippen LogP contribution in [0.2, 0.25) is 5.02 Å². The molecule has 3 aliphatic heterocycles. The number of amides is 3. The second kappa shape index (κ2) is 12.9. The highest BCUT2D eigenvalue weighted by atomic mass is 35.5. The number of likely N-dealkylation sites (tertiary alicyclic amines) is 2. The predicted octanol–water partition coefficient (Wildman–Crippen LogP) is 2.98. The molecule has 0 saturated carbocycles. The zero-order valence-electron chi connectivity index (χ0n) is 25.3. The molecule has 4 heterocycles. The number of aryl methyl sites for hydroxylation is 1. The van der Waals surface area contributed by atoms with Crippen molar-refractivity contribution >= 4 is 35.0 Å². The fraction of sp³-hybridized carbons (Fsp3) is 0.382. The summed E-state index contributed by atoms with van der Waals surface area (Å²) in [6.07, 6.45) is 3.31. The number of imide groups is 1. The molecule has 3 amide bonds. The Morgan fingerprint density at radius 3 is 2.40 bits per heavy atom. The standard InChI is InChI=1S/C34H35ClN6O4/c1-39-19-26(15-27(20-39)37-29-16-36-40(2)34(45)31(29)35)23-9-11-25(12-10-23)33(44)41-17-22(18-41)4-3-21-5-7-24(8-6-21)28-13-14-30(42)38-32(28)43/h5-12,16,22,26-28,37H,13-15,17-20H2,1-2H3,(H,38,42,43). The second-order valence-electron chi connectivity index (χ2n) is 12.2. The van der Waals surface area contributed by atoms with E-state index in [4.69, 9.17) is 11.6 Å². The van der Waals surface area contributed by atoms with Crippen molar-refractivity contribution in [2.45, 2.75) is 37.1 Å². The van der Waals surface area contributed by atoms with E-state index in [9.17, 15) is 19.2 Å². The van der Waals surface area contributed by atoms with Crippen LogP contribution in [0.15, 0.2) is 59.5 Å². The maximum absolute atomic E-state index is 13.1. The van der Waals surface area contributed by atoms with E-state index in [1.165, 1.54) is 4.68 Å². The normalized spacial score (nSPS) is 22.2. The molecule has 3 atom stereocenters. The van der Waals surface area contributed by atoms with Gasteiger partial charge in [0, 0.05) is 56.8 Å². The Morgan fingerprint density at radius 1 is 0.978 bits per heavy atom. The van der Waals surface area contributed by atoms with E-state index in [1.54, 1.807) is 13.2 Å². The molecule has 0 bridgehead atoms. The monoisotopic (exact) mass is 626 g/mol. The molecule has 10 nitrogen and oxygen atoms in total. The number of benzene rings is 2. The Bertz CT molecular complexity index is 1740. The average Bonchev–Trinajstić information content (AvgIpc) is 3.01. The molecule has 3 aromatic rings. The number of rotatable bonds is 5. The van der Waals surface area contributed by atoms with Crippen molar-refractivity contribution in [2.75, 3.05) is 38.5 Å². The summed E-state index contributed by atoms with van der Waals surface area (Å²) in [5, 5.41) is 10.0.